The van der Waals surface area contributed by atoms with E-state index in [0.29, 0.717) is 18.0 Å². The number of ether oxygens (including phenoxy) is 3. The molecule has 178 valence electrons. The van der Waals surface area contributed by atoms with Crippen molar-refractivity contribution in [2.45, 2.75) is 45.4 Å². The predicted molar refractivity (Wildman–Crippen MR) is 137 cm³/mol. The Morgan fingerprint density at radius 1 is 0.818 bits per heavy atom. The number of unbranched alkanes of at least 4 members (excludes halogenated alkanes) is 5. The van der Waals surface area contributed by atoms with Gasteiger partial charge in [-0.05, 0) is 41.8 Å². The van der Waals surface area contributed by atoms with E-state index in [0.717, 1.165) is 35.3 Å². The normalized spacial score (nSPS) is 11.2. The molecule has 0 fully saturated rings. The molecule has 5 heteroatoms. The molecule has 2 rings (SSSR count). The van der Waals surface area contributed by atoms with Crippen molar-refractivity contribution in [3.05, 3.63) is 59.2 Å². The first kappa shape index (κ1) is 26.0. The number of methoxy groups -OCH3 is 3. The minimum Gasteiger partial charge on any atom is -0.497 e. The fourth-order valence-corrected chi connectivity index (χ4v) is 3.46. The van der Waals surface area contributed by atoms with E-state index in [9.17, 15) is 4.79 Å². The smallest absolute Gasteiger partial charge is 0.244 e. The summed E-state index contributed by atoms with van der Waals surface area (Å²) in [4.78, 5) is 12.3. The van der Waals surface area contributed by atoms with E-state index in [1.165, 1.54) is 25.7 Å². The van der Waals surface area contributed by atoms with Crippen LogP contribution in [0.3, 0.4) is 0 Å². The average molecular weight is 452 g/mol. The van der Waals surface area contributed by atoms with Crippen molar-refractivity contribution in [3.63, 3.8) is 0 Å². The Morgan fingerprint density at radius 3 is 2.18 bits per heavy atom. The van der Waals surface area contributed by atoms with Gasteiger partial charge in [0.1, 0.15) is 17.2 Å². The van der Waals surface area contributed by atoms with Gasteiger partial charge in [-0.3, -0.25) is 4.79 Å². The number of nitrogens with one attached hydrogen (secondary N) is 1. The van der Waals surface area contributed by atoms with Gasteiger partial charge in [0.15, 0.2) is 0 Å². The van der Waals surface area contributed by atoms with Gasteiger partial charge in [-0.2, -0.15) is 0 Å². The summed E-state index contributed by atoms with van der Waals surface area (Å²) in [6, 6.07) is 11.5. The molecule has 0 aliphatic rings. The predicted octanol–water partition coefficient (Wildman–Crippen LogP) is 6.37. The van der Waals surface area contributed by atoms with Gasteiger partial charge in [-0.1, -0.05) is 63.3 Å². The molecule has 0 saturated heterocycles. The molecule has 0 radical (unpaired) electrons. The van der Waals surface area contributed by atoms with E-state index >= 15 is 0 Å². The van der Waals surface area contributed by atoms with Gasteiger partial charge in [-0.25, -0.2) is 0 Å². The van der Waals surface area contributed by atoms with Crippen LogP contribution in [0.4, 0.5) is 0 Å². The Bertz CT molecular complexity index is 916. The van der Waals surface area contributed by atoms with Crippen molar-refractivity contribution in [3.8, 4) is 17.2 Å². The topological polar surface area (TPSA) is 56.8 Å². The molecule has 0 aliphatic carbocycles. The van der Waals surface area contributed by atoms with Crippen molar-refractivity contribution in [2.24, 2.45) is 0 Å². The monoisotopic (exact) mass is 451 g/mol. The third kappa shape index (κ3) is 9.05. The fraction of sp³-hybridized carbons (Fsp3) is 0.393. The van der Waals surface area contributed by atoms with E-state index < -0.39 is 0 Å². The molecule has 1 amide bonds. The lowest BCUT2D eigenvalue weighted by Gasteiger charge is -2.12. The Morgan fingerprint density at radius 2 is 1.52 bits per heavy atom. The van der Waals surface area contributed by atoms with E-state index in [4.69, 9.17) is 14.2 Å². The number of carbonyl (C=O) groups excluding carboxylic acids is 1. The standard InChI is InChI=1S/C28H37NO4/c1-5-6-7-8-9-10-19-29-28(30)18-17-26-23(20-25(32-3)21-27(26)33-4)14-11-22-12-15-24(31-2)16-13-22/h11-18,20-21H,5-10,19H2,1-4H3,(H,29,30)/b14-11+,18-17+. The van der Waals surface area contributed by atoms with Crippen LogP contribution in [0.2, 0.25) is 0 Å². The second-order valence-corrected chi connectivity index (χ2v) is 7.83. The lowest BCUT2D eigenvalue weighted by molar-refractivity contribution is -0.116. The number of amides is 1. The van der Waals surface area contributed by atoms with E-state index in [2.05, 4.69) is 12.2 Å². The Balaban J connectivity index is 2.10. The highest BCUT2D eigenvalue weighted by atomic mass is 16.5. The molecule has 0 saturated carbocycles. The van der Waals surface area contributed by atoms with Crippen molar-refractivity contribution in [1.29, 1.82) is 0 Å². The Kier molecular flexibility index (Phi) is 11.7. The average Bonchev–Trinajstić information content (AvgIpc) is 2.85. The minimum absolute atomic E-state index is 0.105. The van der Waals surface area contributed by atoms with Gasteiger partial charge in [0.25, 0.3) is 0 Å². The maximum Gasteiger partial charge on any atom is 0.244 e. The van der Waals surface area contributed by atoms with E-state index in [-0.39, 0.29) is 5.91 Å². The minimum atomic E-state index is -0.105. The van der Waals surface area contributed by atoms with Gasteiger partial charge in [0, 0.05) is 24.3 Å². The molecule has 0 aromatic heterocycles. The molecule has 0 spiro atoms. The molecular formula is C28H37NO4. The summed E-state index contributed by atoms with van der Waals surface area (Å²) in [6.45, 7) is 2.91. The van der Waals surface area contributed by atoms with Crippen LogP contribution in [0, 0.1) is 0 Å². The molecule has 0 atom stereocenters. The van der Waals surface area contributed by atoms with Crippen LogP contribution in [0.15, 0.2) is 42.5 Å². The summed E-state index contributed by atoms with van der Waals surface area (Å²) in [5.74, 6) is 2.03. The summed E-state index contributed by atoms with van der Waals surface area (Å²) >= 11 is 0. The van der Waals surface area contributed by atoms with Crippen molar-refractivity contribution >= 4 is 24.1 Å². The summed E-state index contributed by atoms with van der Waals surface area (Å²) in [5, 5.41) is 2.97. The number of carbonyl (C=O) groups is 1. The highest BCUT2D eigenvalue weighted by molar-refractivity contribution is 5.93. The molecule has 0 bridgehead atoms. The number of rotatable bonds is 14. The molecule has 33 heavy (non-hydrogen) atoms. The molecule has 0 heterocycles. The molecule has 1 N–H and O–H groups in total. The van der Waals surface area contributed by atoms with Crippen LogP contribution in [-0.2, 0) is 4.79 Å². The third-order valence-electron chi connectivity index (χ3n) is 5.41. The zero-order valence-electron chi connectivity index (χ0n) is 20.4. The van der Waals surface area contributed by atoms with Crippen molar-refractivity contribution < 1.29 is 19.0 Å². The lowest BCUT2D eigenvalue weighted by atomic mass is 10.0. The van der Waals surface area contributed by atoms with Crippen LogP contribution in [0.1, 0.15) is 62.1 Å². The van der Waals surface area contributed by atoms with Gasteiger partial charge in [0.05, 0.1) is 21.3 Å². The van der Waals surface area contributed by atoms with E-state index in [1.807, 2.05) is 48.6 Å². The summed E-state index contributed by atoms with van der Waals surface area (Å²) in [5.41, 5.74) is 2.74. The first-order valence-corrected chi connectivity index (χ1v) is 11.6. The van der Waals surface area contributed by atoms with Crippen LogP contribution >= 0.6 is 0 Å². The number of hydrogen-bond acceptors (Lipinski definition) is 4. The van der Waals surface area contributed by atoms with Crippen LogP contribution < -0.4 is 19.5 Å². The number of hydrogen-bond donors (Lipinski definition) is 1. The van der Waals surface area contributed by atoms with Crippen LogP contribution in [0.25, 0.3) is 18.2 Å². The van der Waals surface area contributed by atoms with Gasteiger partial charge < -0.3 is 19.5 Å². The van der Waals surface area contributed by atoms with Crippen LogP contribution in [0.5, 0.6) is 17.2 Å². The first-order valence-electron chi connectivity index (χ1n) is 11.6. The maximum atomic E-state index is 12.3. The Hall–Kier alpha value is -3.21. The molecule has 2 aromatic carbocycles. The summed E-state index contributed by atoms with van der Waals surface area (Å²) < 4.78 is 16.2. The largest absolute Gasteiger partial charge is 0.497 e. The molecular weight excluding hydrogens is 414 g/mol. The highest BCUT2D eigenvalue weighted by Gasteiger charge is 2.09. The van der Waals surface area contributed by atoms with Gasteiger partial charge in [0.2, 0.25) is 5.91 Å². The summed E-state index contributed by atoms with van der Waals surface area (Å²) in [6.07, 6.45) is 14.5. The first-order chi connectivity index (χ1) is 16.1. The molecule has 2 aromatic rings. The Labute approximate surface area is 198 Å². The second-order valence-electron chi connectivity index (χ2n) is 7.83. The molecule has 0 aliphatic heterocycles. The third-order valence-corrected chi connectivity index (χ3v) is 5.41. The lowest BCUT2D eigenvalue weighted by Crippen LogP contribution is -2.22. The fourth-order valence-electron chi connectivity index (χ4n) is 3.46. The van der Waals surface area contributed by atoms with Crippen molar-refractivity contribution in [1.82, 2.24) is 5.32 Å². The summed E-state index contributed by atoms with van der Waals surface area (Å²) in [7, 11) is 4.88. The molecule has 0 unspecified atom stereocenters. The SMILES string of the molecule is CCCCCCCCNC(=O)/C=C/c1c(/C=C/c2ccc(OC)cc2)cc(OC)cc1OC. The van der Waals surface area contributed by atoms with Crippen LogP contribution in [-0.4, -0.2) is 33.8 Å². The van der Waals surface area contributed by atoms with Crippen molar-refractivity contribution in [2.75, 3.05) is 27.9 Å². The van der Waals surface area contributed by atoms with E-state index in [1.54, 1.807) is 33.5 Å². The van der Waals surface area contributed by atoms with Gasteiger partial charge >= 0.3 is 0 Å². The maximum absolute atomic E-state index is 12.3. The second kappa shape index (κ2) is 14.8. The van der Waals surface area contributed by atoms with Gasteiger partial charge in [-0.15, -0.1) is 0 Å². The molecule has 5 nitrogen and oxygen atoms in total. The highest BCUT2D eigenvalue weighted by Crippen LogP contribution is 2.31. The number of benzene rings is 2. The zero-order valence-corrected chi connectivity index (χ0v) is 20.4. The quantitative estimate of drug-likeness (QED) is 0.206. The zero-order chi connectivity index (χ0) is 23.9.